The summed E-state index contributed by atoms with van der Waals surface area (Å²) in [6.07, 6.45) is 84.5. The van der Waals surface area contributed by atoms with E-state index in [1.54, 1.807) is 5.57 Å². The summed E-state index contributed by atoms with van der Waals surface area (Å²) >= 11 is 0. The number of hydrogen-bond donors (Lipinski definition) is 0. The molecule has 3 saturated carbocycles. The van der Waals surface area contributed by atoms with E-state index < -0.39 is 0 Å². The van der Waals surface area contributed by atoms with Crippen LogP contribution in [0.4, 0.5) is 0 Å². The average molecular weight is 970 g/mol. The van der Waals surface area contributed by atoms with E-state index in [0.29, 0.717) is 17.3 Å². The third-order valence-electron chi connectivity index (χ3n) is 17.4. The summed E-state index contributed by atoms with van der Waals surface area (Å²) in [5.41, 5.74) is 2.50. The molecule has 0 bridgehead atoms. The molecule has 8 atom stereocenters. The SMILES string of the molecule is CC/C=C\C/C=C\C/C=C\C/C=C\C/C=C\C/C=C\C/C=C\C/C=C\C/C=C\C/C=C\CCCCCCCCCCC(=O)OC1CCC2(C)C(=CCC3C2CCC2(C)C(C(C)CCCC(C)C)CCC32)C1. The first-order valence-electron chi connectivity index (χ1n) is 30.1. The van der Waals surface area contributed by atoms with Gasteiger partial charge in [-0.25, -0.2) is 0 Å². The van der Waals surface area contributed by atoms with Crippen molar-refractivity contribution < 1.29 is 9.53 Å². The lowest BCUT2D eigenvalue weighted by molar-refractivity contribution is -0.151. The van der Waals surface area contributed by atoms with E-state index in [0.717, 1.165) is 125 Å². The highest BCUT2D eigenvalue weighted by Gasteiger charge is 2.59. The van der Waals surface area contributed by atoms with Gasteiger partial charge in [0.1, 0.15) is 6.10 Å². The summed E-state index contributed by atoms with van der Waals surface area (Å²) < 4.78 is 6.17. The number of esters is 1. The zero-order valence-corrected chi connectivity index (χ0v) is 46.9. The van der Waals surface area contributed by atoms with Crippen molar-refractivity contribution in [3.8, 4) is 0 Å². The maximum absolute atomic E-state index is 13.0. The summed E-state index contributed by atoms with van der Waals surface area (Å²) in [6.45, 7) is 14.8. The van der Waals surface area contributed by atoms with Crippen molar-refractivity contribution in [1.82, 2.24) is 0 Å². The molecule has 3 fully saturated rings. The van der Waals surface area contributed by atoms with E-state index in [-0.39, 0.29) is 12.1 Å². The number of carbonyl (C=O) groups is 1. The predicted octanol–water partition coefficient (Wildman–Crippen LogP) is 21.3. The molecule has 0 aliphatic heterocycles. The van der Waals surface area contributed by atoms with Crippen LogP contribution in [0.25, 0.3) is 0 Å². The number of allylic oxidation sites excluding steroid dienone is 21. The second-order valence-corrected chi connectivity index (χ2v) is 23.3. The first kappa shape index (κ1) is 60.2. The Hall–Kier alpha value is -3.39. The first-order chi connectivity index (χ1) is 34.7. The molecule has 0 N–H and O–H groups in total. The Balaban J connectivity index is 0.911. The predicted molar refractivity (Wildman–Crippen MR) is 312 cm³/mol. The van der Waals surface area contributed by atoms with Crippen LogP contribution in [-0.2, 0) is 9.53 Å². The lowest BCUT2D eigenvalue weighted by atomic mass is 9.47. The number of unbranched alkanes of at least 4 members (excludes halogenated alkanes) is 8. The molecule has 0 spiro atoms. The Bertz CT molecular complexity index is 1770. The zero-order valence-electron chi connectivity index (χ0n) is 46.9. The summed E-state index contributed by atoms with van der Waals surface area (Å²) in [5.74, 6) is 5.25. The van der Waals surface area contributed by atoms with Gasteiger partial charge in [0, 0.05) is 12.8 Å². The van der Waals surface area contributed by atoms with Crippen molar-refractivity contribution in [2.24, 2.45) is 46.3 Å². The largest absolute Gasteiger partial charge is 0.462 e. The van der Waals surface area contributed by atoms with Gasteiger partial charge in [0.05, 0.1) is 0 Å². The Morgan fingerprint density at radius 2 is 1.03 bits per heavy atom. The van der Waals surface area contributed by atoms with Gasteiger partial charge in [-0.3, -0.25) is 4.79 Å². The van der Waals surface area contributed by atoms with Crippen LogP contribution in [0.2, 0.25) is 0 Å². The van der Waals surface area contributed by atoms with Gasteiger partial charge in [0.2, 0.25) is 0 Å². The van der Waals surface area contributed by atoms with Gasteiger partial charge in [0.15, 0.2) is 0 Å². The van der Waals surface area contributed by atoms with Crippen molar-refractivity contribution in [3.63, 3.8) is 0 Å². The van der Waals surface area contributed by atoms with Gasteiger partial charge >= 0.3 is 5.97 Å². The summed E-state index contributed by atoms with van der Waals surface area (Å²) in [7, 11) is 0. The Morgan fingerprint density at radius 3 is 1.54 bits per heavy atom. The molecule has 2 nitrogen and oxygen atoms in total. The maximum atomic E-state index is 13.0. The number of hydrogen-bond acceptors (Lipinski definition) is 2. The molecule has 0 aromatic carbocycles. The summed E-state index contributed by atoms with van der Waals surface area (Å²) in [5, 5.41) is 0. The van der Waals surface area contributed by atoms with Gasteiger partial charge in [-0.2, -0.15) is 0 Å². The topological polar surface area (TPSA) is 26.3 Å². The molecular formula is C69H108O2. The standard InChI is InChI=1S/C69H108O2/c1-7-8-9-10-11-12-13-14-15-16-17-18-19-20-21-22-23-24-25-26-27-28-29-30-31-32-33-34-35-36-37-38-39-40-41-42-43-44-45-49-67(70)71-62-54-56-68(5)61(58-62)50-51-63-65-53-52-64(60(4)48-46-47-59(2)3)69(65,6)57-55-66(63)68/h8-9,11-12,14-15,17-18,20-21,23-24,26-27,29-30,32-33,35-36,50,59-60,62-66H,7,10,13,16,19,22,25,28,31,34,37-49,51-58H2,1-6H3/b9-8-,12-11-,15-14-,18-17-,21-20-,24-23-,27-26-,30-29-,33-32-,36-35-. The van der Waals surface area contributed by atoms with E-state index >= 15 is 0 Å². The molecule has 0 aromatic heterocycles. The lowest BCUT2D eigenvalue weighted by Crippen LogP contribution is -2.51. The fraction of sp³-hybridized carbons (Fsp3) is 0.667. The minimum Gasteiger partial charge on any atom is -0.462 e. The fourth-order valence-electron chi connectivity index (χ4n) is 13.3. The molecule has 2 heteroatoms. The van der Waals surface area contributed by atoms with Crippen molar-refractivity contribution in [2.45, 2.75) is 247 Å². The van der Waals surface area contributed by atoms with Crippen LogP contribution >= 0.6 is 0 Å². The van der Waals surface area contributed by atoms with Crippen molar-refractivity contribution in [3.05, 3.63) is 133 Å². The van der Waals surface area contributed by atoms with Gasteiger partial charge in [0.25, 0.3) is 0 Å². The molecule has 0 heterocycles. The second kappa shape index (κ2) is 36.5. The molecule has 4 aliphatic carbocycles. The van der Waals surface area contributed by atoms with Crippen LogP contribution in [-0.4, -0.2) is 12.1 Å². The number of rotatable bonds is 36. The number of fused-ring (bicyclic) bond motifs is 5. The van der Waals surface area contributed by atoms with E-state index in [1.807, 2.05) is 0 Å². The van der Waals surface area contributed by atoms with Crippen LogP contribution in [0.1, 0.15) is 241 Å². The molecule has 8 unspecified atom stereocenters. The van der Waals surface area contributed by atoms with Gasteiger partial charge in [-0.1, -0.05) is 232 Å². The molecule has 0 aromatic rings. The van der Waals surface area contributed by atoms with E-state index in [4.69, 9.17) is 4.74 Å². The minimum atomic E-state index is 0.0496. The zero-order chi connectivity index (χ0) is 50.7. The number of carbonyl (C=O) groups excluding carboxylic acids is 1. The molecule has 4 aliphatic rings. The summed E-state index contributed by atoms with van der Waals surface area (Å²) in [4.78, 5) is 13.0. The van der Waals surface area contributed by atoms with Crippen LogP contribution in [0.5, 0.6) is 0 Å². The Kier molecular flexibility index (Phi) is 30.9. The van der Waals surface area contributed by atoms with Gasteiger partial charge < -0.3 is 4.74 Å². The Labute approximate surface area is 439 Å². The van der Waals surface area contributed by atoms with Crippen molar-refractivity contribution in [2.75, 3.05) is 0 Å². The highest BCUT2D eigenvalue weighted by molar-refractivity contribution is 5.69. The highest BCUT2D eigenvalue weighted by Crippen LogP contribution is 2.67. The average Bonchev–Trinajstić information content (AvgIpc) is 3.72. The van der Waals surface area contributed by atoms with Crippen molar-refractivity contribution >= 4 is 5.97 Å². The van der Waals surface area contributed by atoms with Gasteiger partial charge in [-0.15, -0.1) is 0 Å². The van der Waals surface area contributed by atoms with Crippen LogP contribution in [0.3, 0.4) is 0 Å². The number of ether oxygens (including phenoxy) is 1. The Morgan fingerprint density at radius 1 is 0.549 bits per heavy atom. The smallest absolute Gasteiger partial charge is 0.306 e. The quantitative estimate of drug-likeness (QED) is 0.0355. The molecule has 71 heavy (non-hydrogen) atoms. The minimum absolute atomic E-state index is 0.0496. The molecule has 0 radical (unpaired) electrons. The van der Waals surface area contributed by atoms with Gasteiger partial charge in [-0.05, 0) is 175 Å². The van der Waals surface area contributed by atoms with E-state index in [9.17, 15) is 4.79 Å². The molecule has 396 valence electrons. The maximum Gasteiger partial charge on any atom is 0.306 e. The van der Waals surface area contributed by atoms with Crippen LogP contribution in [0.15, 0.2) is 133 Å². The van der Waals surface area contributed by atoms with Crippen molar-refractivity contribution in [1.29, 1.82) is 0 Å². The normalized spacial score (nSPS) is 26.6. The monoisotopic (exact) mass is 969 g/mol. The second-order valence-electron chi connectivity index (χ2n) is 23.3. The lowest BCUT2D eigenvalue weighted by Gasteiger charge is -2.58. The third-order valence-corrected chi connectivity index (χ3v) is 17.4. The fourth-order valence-corrected chi connectivity index (χ4v) is 13.3. The molecule has 0 amide bonds. The van der Waals surface area contributed by atoms with Crippen LogP contribution in [0, 0.1) is 46.3 Å². The molecule has 0 saturated heterocycles. The van der Waals surface area contributed by atoms with Crippen LogP contribution < -0.4 is 0 Å². The van der Waals surface area contributed by atoms with E-state index in [1.165, 1.54) is 103 Å². The summed E-state index contributed by atoms with van der Waals surface area (Å²) in [6, 6.07) is 0. The molecular weight excluding hydrogens is 861 g/mol. The van der Waals surface area contributed by atoms with E-state index in [2.05, 4.69) is 169 Å². The highest BCUT2D eigenvalue weighted by atomic mass is 16.5. The third kappa shape index (κ3) is 23.1. The first-order valence-corrected chi connectivity index (χ1v) is 30.1. The molecule has 4 rings (SSSR count).